The molecule has 0 radical (unpaired) electrons. The number of hydrogen-bond acceptors (Lipinski definition) is 5. The van der Waals surface area contributed by atoms with Gasteiger partial charge in [0.25, 0.3) is 0 Å². The third kappa shape index (κ3) is 3.48. The van der Waals surface area contributed by atoms with Crippen LogP contribution in [0.25, 0.3) is 0 Å². The minimum atomic E-state index is -0.0689. The molecule has 1 aromatic carbocycles. The Kier molecular flexibility index (Phi) is 4.64. The first kappa shape index (κ1) is 16.2. The summed E-state index contributed by atoms with van der Waals surface area (Å²) in [4.78, 5) is 22.6. The predicted molar refractivity (Wildman–Crippen MR) is 89.2 cm³/mol. The van der Waals surface area contributed by atoms with Crippen LogP contribution in [0.4, 0.5) is 0 Å². The Morgan fingerprint density at radius 1 is 1.21 bits per heavy atom. The summed E-state index contributed by atoms with van der Waals surface area (Å²) in [5, 5.41) is 0. The van der Waals surface area contributed by atoms with Crippen LogP contribution >= 0.6 is 0 Å². The van der Waals surface area contributed by atoms with Gasteiger partial charge in [0.2, 0.25) is 11.8 Å². The Morgan fingerprint density at radius 2 is 1.92 bits per heavy atom. The van der Waals surface area contributed by atoms with Crippen molar-refractivity contribution in [3.63, 3.8) is 0 Å². The van der Waals surface area contributed by atoms with Crippen molar-refractivity contribution in [2.24, 2.45) is 0 Å². The highest BCUT2D eigenvalue weighted by molar-refractivity contribution is 5.74. The molecule has 0 saturated carbocycles. The Morgan fingerprint density at radius 3 is 2.58 bits per heavy atom. The van der Waals surface area contributed by atoms with Crippen molar-refractivity contribution in [3.05, 3.63) is 41.9 Å². The molecule has 6 nitrogen and oxygen atoms in total. The zero-order chi connectivity index (χ0) is 17.1. The number of aryl methyl sites for hydroxylation is 1. The van der Waals surface area contributed by atoms with E-state index in [9.17, 15) is 4.79 Å². The van der Waals surface area contributed by atoms with Gasteiger partial charge in [0.05, 0.1) is 13.2 Å². The Hall–Kier alpha value is -2.63. The maximum absolute atomic E-state index is 11.8. The first-order valence-electron chi connectivity index (χ1n) is 8.01. The molecule has 1 atom stereocenters. The number of methoxy groups -OCH3 is 1. The topological polar surface area (TPSA) is 64.6 Å². The van der Waals surface area contributed by atoms with Gasteiger partial charge in [-0.05, 0) is 44.0 Å². The molecule has 1 aromatic heterocycles. The molecular weight excluding hydrogens is 306 g/mol. The molecule has 24 heavy (non-hydrogen) atoms. The second-order valence-electron chi connectivity index (χ2n) is 5.85. The van der Waals surface area contributed by atoms with Crippen LogP contribution < -0.4 is 9.47 Å². The molecule has 1 amide bonds. The second-order valence-corrected chi connectivity index (χ2v) is 5.85. The quantitative estimate of drug-likeness (QED) is 0.862. The number of ether oxygens (including phenoxy) is 2. The fraction of sp³-hybridized carbons (Fsp3) is 0.389. The summed E-state index contributed by atoms with van der Waals surface area (Å²) in [5.74, 6) is 2.63. The Bertz CT molecular complexity index is 731. The van der Waals surface area contributed by atoms with Crippen LogP contribution in [0.2, 0.25) is 0 Å². The van der Waals surface area contributed by atoms with Crippen molar-refractivity contribution in [3.8, 4) is 17.4 Å². The maximum atomic E-state index is 11.8. The SMILES string of the molecule is COc1ccc(Oc2cc(C)nc(C3CCCN3C(C)=O)n2)cc1. The number of nitrogens with zero attached hydrogens (tertiary/aromatic N) is 3. The molecule has 1 aliphatic rings. The van der Waals surface area contributed by atoms with E-state index in [1.807, 2.05) is 36.1 Å². The van der Waals surface area contributed by atoms with Crippen molar-refractivity contribution in [1.82, 2.24) is 14.9 Å². The van der Waals surface area contributed by atoms with E-state index in [-0.39, 0.29) is 11.9 Å². The highest BCUT2D eigenvalue weighted by Gasteiger charge is 2.30. The van der Waals surface area contributed by atoms with E-state index in [0.29, 0.717) is 17.5 Å². The van der Waals surface area contributed by atoms with Crippen molar-refractivity contribution in [1.29, 1.82) is 0 Å². The molecule has 6 heteroatoms. The molecule has 2 heterocycles. The second kappa shape index (κ2) is 6.86. The van der Waals surface area contributed by atoms with Gasteiger partial charge in [-0.3, -0.25) is 4.79 Å². The molecule has 1 unspecified atom stereocenters. The van der Waals surface area contributed by atoms with Crippen molar-refractivity contribution >= 4 is 5.91 Å². The third-order valence-corrected chi connectivity index (χ3v) is 4.09. The number of carbonyl (C=O) groups excluding carboxylic acids is 1. The monoisotopic (exact) mass is 327 g/mol. The molecule has 3 rings (SSSR count). The number of likely N-dealkylation sites (tertiary alicyclic amines) is 1. The number of hydrogen-bond donors (Lipinski definition) is 0. The number of benzene rings is 1. The fourth-order valence-electron chi connectivity index (χ4n) is 2.94. The molecule has 126 valence electrons. The number of amides is 1. The highest BCUT2D eigenvalue weighted by atomic mass is 16.5. The van der Waals surface area contributed by atoms with E-state index >= 15 is 0 Å². The van der Waals surface area contributed by atoms with Gasteiger partial charge < -0.3 is 14.4 Å². The number of aromatic nitrogens is 2. The van der Waals surface area contributed by atoms with Gasteiger partial charge in [-0.1, -0.05) is 0 Å². The van der Waals surface area contributed by atoms with E-state index in [1.54, 1.807) is 20.1 Å². The van der Waals surface area contributed by atoms with E-state index in [1.165, 1.54) is 0 Å². The van der Waals surface area contributed by atoms with Crippen LogP contribution in [0.3, 0.4) is 0 Å². The maximum Gasteiger partial charge on any atom is 0.222 e. The van der Waals surface area contributed by atoms with Crippen LogP contribution in [0.5, 0.6) is 17.4 Å². The lowest BCUT2D eigenvalue weighted by atomic mass is 10.2. The molecule has 0 aliphatic carbocycles. The molecular formula is C18H21N3O3. The van der Waals surface area contributed by atoms with Crippen LogP contribution in [0.15, 0.2) is 30.3 Å². The lowest BCUT2D eigenvalue weighted by Crippen LogP contribution is -2.29. The first-order valence-corrected chi connectivity index (χ1v) is 8.01. The zero-order valence-corrected chi connectivity index (χ0v) is 14.2. The third-order valence-electron chi connectivity index (χ3n) is 4.09. The summed E-state index contributed by atoms with van der Waals surface area (Å²) in [7, 11) is 1.62. The molecule has 1 saturated heterocycles. The average molecular weight is 327 g/mol. The summed E-state index contributed by atoms with van der Waals surface area (Å²) in [5.41, 5.74) is 0.818. The lowest BCUT2D eigenvalue weighted by molar-refractivity contribution is -0.129. The summed E-state index contributed by atoms with van der Waals surface area (Å²) in [6, 6.07) is 9.04. The van der Waals surface area contributed by atoms with Crippen LogP contribution in [0.1, 0.15) is 37.3 Å². The van der Waals surface area contributed by atoms with Gasteiger partial charge in [-0.2, -0.15) is 4.98 Å². The largest absolute Gasteiger partial charge is 0.497 e. The molecule has 2 aromatic rings. The molecule has 0 N–H and O–H groups in total. The van der Waals surface area contributed by atoms with Crippen LogP contribution in [0, 0.1) is 6.92 Å². The van der Waals surface area contributed by atoms with E-state index in [4.69, 9.17) is 9.47 Å². The van der Waals surface area contributed by atoms with Gasteiger partial charge in [0, 0.05) is 25.2 Å². The fourth-order valence-corrected chi connectivity index (χ4v) is 2.94. The summed E-state index contributed by atoms with van der Waals surface area (Å²) < 4.78 is 11.0. The summed E-state index contributed by atoms with van der Waals surface area (Å²) in [6.07, 6.45) is 1.85. The summed E-state index contributed by atoms with van der Waals surface area (Å²) in [6.45, 7) is 4.24. The van der Waals surface area contributed by atoms with Gasteiger partial charge in [-0.15, -0.1) is 0 Å². The average Bonchev–Trinajstić information content (AvgIpc) is 3.05. The van der Waals surface area contributed by atoms with Crippen LogP contribution in [-0.2, 0) is 4.79 Å². The Labute approximate surface area is 141 Å². The lowest BCUT2D eigenvalue weighted by Gasteiger charge is -2.22. The molecule has 0 spiro atoms. The van der Waals surface area contributed by atoms with Crippen molar-refractivity contribution in [2.75, 3.05) is 13.7 Å². The van der Waals surface area contributed by atoms with Gasteiger partial charge >= 0.3 is 0 Å². The Balaban J connectivity index is 1.84. The zero-order valence-electron chi connectivity index (χ0n) is 14.2. The standard InChI is InChI=1S/C18H21N3O3/c1-12-11-17(24-15-8-6-14(23-3)7-9-15)20-18(19-12)16-5-4-10-21(16)13(2)22/h6-9,11,16H,4-5,10H2,1-3H3. The predicted octanol–water partition coefficient (Wildman–Crippen LogP) is 3.27. The number of carbonyl (C=O) groups is 1. The van der Waals surface area contributed by atoms with Gasteiger partial charge in [-0.25, -0.2) is 4.98 Å². The minimum absolute atomic E-state index is 0.0558. The number of rotatable bonds is 4. The summed E-state index contributed by atoms with van der Waals surface area (Å²) >= 11 is 0. The van der Waals surface area contributed by atoms with Gasteiger partial charge in [0.15, 0.2) is 5.82 Å². The van der Waals surface area contributed by atoms with Crippen molar-refractivity contribution < 1.29 is 14.3 Å². The molecule has 0 bridgehead atoms. The smallest absolute Gasteiger partial charge is 0.222 e. The van der Waals surface area contributed by atoms with Gasteiger partial charge in [0.1, 0.15) is 11.5 Å². The van der Waals surface area contributed by atoms with E-state index < -0.39 is 0 Å². The minimum Gasteiger partial charge on any atom is -0.497 e. The van der Waals surface area contributed by atoms with Crippen molar-refractivity contribution in [2.45, 2.75) is 32.7 Å². The first-order chi connectivity index (χ1) is 11.6. The van der Waals surface area contributed by atoms with Crippen LogP contribution in [-0.4, -0.2) is 34.4 Å². The van der Waals surface area contributed by atoms with E-state index in [2.05, 4.69) is 9.97 Å². The molecule has 1 aliphatic heterocycles. The highest BCUT2D eigenvalue weighted by Crippen LogP contribution is 2.31. The normalized spacial score (nSPS) is 17.0. The molecule has 1 fully saturated rings. The van der Waals surface area contributed by atoms with E-state index in [0.717, 1.165) is 30.8 Å².